The fourth-order valence-corrected chi connectivity index (χ4v) is 1.93. The second kappa shape index (κ2) is 5.93. The highest BCUT2D eigenvalue weighted by atomic mass is 16.5. The lowest BCUT2D eigenvalue weighted by Gasteiger charge is -2.22. The molecule has 17 heavy (non-hydrogen) atoms. The van der Waals surface area contributed by atoms with Crippen LogP contribution in [0.15, 0.2) is 12.4 Å². The highest BCUT2D eigenvalue weighted by Gasteiger charge is 2.19. The number of hydrogen-bond acceptors (Lipinski definition) is 4. The summed E-state index contributed by atoms with van der Waals surface area (Å²) >= 11 is 0. The van der Waals surface area contributed by atoms with Crippen LogP contribution in [0.4, 0.5) is 0 Å². The quantitative estimate of drug-likeness (QED) is 0.771. The molecule has 1 atom stereocenters. The Morgan fingerprint density at radius 2 is 2.59 bits per heavy atom. The van der Waals surface area contributed by atoms with Crippen molar-refractivity contribution >= 4 is 5.78 Å². The van der Waals surface area contributed by atoms with Crippen molar-refractivity contribution in [1.29, 1.82) is 0 Å². The van der Waals surface area contributed by atoms with Gasteiger partial charge in [-0.2, -0.15) is 5.10 Å². The minimum Gasteiger partial charge on any atom is -0.375 e. The molecule has 0 radical (unpaired) electrons. The topological polar surface area (TPSA) is 56.2 Å². The summed E-state index contributed by atoms with van der Waals surface area (Å²) < 4.78 is 7.33. The lowest BCUT2D eigenvalue weighted by molar-refractivity contribution is 0.0240. The second-order valence-electron chi connectivity index (χ2n) is 4.32. The van der Waals surface area contributed by atoms with Crippen molar-refractivity contribution in [3.05, 3.63) is 18.0 Å². The van der Waals surface area contributed by atoms with E-state index in [-0.39, 0.29) is 11.9 Å². The van der Waals surface area contributed by atoms with Gasteiger partial charge in [-0.3, -0.25) is 9.48 Å². The summed E-state index contributed by atoms with van der Waals surface area (Å²) in [6.45, 7) is 5.26. The lowest BCUT2D eigenvalue weighted by atomic mass is 10.1. The Hall–Kier alpha value is -1.20. The van der Waals surface area contributed by atoms with E-state index >= 15 is 0 Å². The molecule has 1 saturated heterocycles. The Morgan fingerprint density at radius 3 is 3.29 bits per heavy atom. The third-order valence-corrected chi connectivity index (χ3v) is 2.83. The molecule has 1 aliphatic heterocycles. The van der Waals surface area contributed by atoms with Gasteiger partial charge in [0.2, 0.25) is 0 Å². The molecule has 0 spiro atoms. The first-order valence-electron chi connectivity index (χ1n) is 6.17. The number of morpholine rings is 1. The van der Waals surface area contributed by atoms with Crippen molar-refractivity contribution < 1.29 is 9.53 Å². The molecule has 1 unspecified atom stereocenters. The molecule has 1 aromatic rings. The molecule has 1 N–H and O–H groups in total. The first kappa shape index (κ1) is 12.3. The van der Waals surface area contributed by atoms with Gasteiger partial charge in [-0.05, 0) is 6.42 Å². The van der Waals surface area contributed by atoms with Crippen LogP contribution in [0.3, 0.4) is 0 Å². The van der Waals surface area contributed by atoms with Crippen molar-refractivity contribution in [2.24, 2.45) is 0 Å². The average molecular weight is 237 g/mol. The average Bonchev–Trinajstić information content (AvgIpc) is 2.79. The number of nitrogens with one attached hydrogen (secondary N) is 1. The normalized spacial score (nSPS) is 20.4. The summed E-state index contributed by atoms with van der Waals surface area (Å²) in [5.41, 5.74) is 0.688. The van der Waals surface area contributed by atoms with Crippen LogP contribution in [0.1, 0.15) is 30.1 Å². The molecule has 1 aromatic heterocycles. The smallest absolute Gasteiger partial charge is 0.168 e. The molecule has 2 heterocycles. The molecular formula is C12H19N3O2. The Balaban J connectivity index is 1.89. The van der Waals surface area contributed by atoms with Crippen LogP contribution in [0, 0.1) is 0 Å². The van der Waals surface area contributed by atoms with Crippen LogP contribution in [-0.2, 0) is 11.3 Å². The van der Waals surface area contributed by atoms with Crippen LogP contribution in [-0.4, -0.2) is 41.4 Å². The zero-order chi connectivity index (χ0) is 12.1. The number of nitrogens with zero attached hydrogens (tertiary/aromatic N) is 2. The Morgan fingerprint density at radius 1 is 1.71 bits per heavy atom. The van der Waals surface area contributed by atoms with E-state index in [4.69, 9.17) is 4.74 Å². The molecule has 0 bridgehead atoms. The third-order valence-electron chi connectivity index (χ3n) is 2.83. The van der Waals surface area contributed by atoms with E-state index < -0.39 is 0 Å². The van der Waals surface area contributed by atoms with Gasteiger partial charge in [0, 0.05) is 32.3 Å². The van der Waals surface area contributed by atoms with Gasteiger partial charge in [-0.15, -0.1) is 0 Å². The van der Waals surface area contributed by atoms with Gasteiger partial charge in [0.1, 0.15) is 0 Å². The van der Waals surface area contributed by atoms with E-state index in [2.05, 4.69) is 17.3 Å². The molecule has 0 amide bonds. The number of ketones is 1. The number of hydrogen-bond donors (Lipinski definition) is 1. The number of aromatic nitrogens is 2. The highest BCUT2D eigenvalue weighted by molar-refractivity contribution is 5.95. The van der Waals surface area contributed by atoms with Crippen molar-refractivity contribution in [2.45, 2.75) is 32.4 Å². The fraction of sp³-hybridized carbons (Fsp3) is 0.667. The number of Topliss-reactive ketones (excluding diaryl/α,β-unsaturated/α-hetero) is 1. The molecule has 0 saturated carbocycles. The van der Waals surface area contributed by atoms with E-state index in [1.54, 1.807) is 6.20 Å². The van der Waals surface area contributed by atoms with E-state index in [9.17, 15) is 4.79 Å². The van der Waals surface area contributed by atoms with Crippen molar-refractivity contribution in [3.8, 4) is 0 Å². The molecular weight excluding hydrogens is 218 g/mol. The highest BCUT2D eigenvalue weighted by Crippen LogP contribution is 2.09. The van der Waals surface area contributed by atoms with Crippen LogP contribution in [0.2, 0.25) is 0 Å². The summed E-state index contributed by atoms with van der Waals surface area (Å²) in [7, 11) is 0. The minimum atomic E-state index is 0.00535. The van der Waals surface area contributed by atoms with Crippen LogP contribution >= 0.6 is 0 Å². The monoisotopic (exact) mass is 237 g/mol. The summed E-state index contributed by atoms with van der Waals surface area (Å²) in [6.07, 6.45) is 4.93. The van der Waals surface area contributed by atoms with Crippen molar-refractivity contribution in [2.75, 3.05) is 19.7 Å². The van der Waals surface area contributed by atoms with Crippen molar-refractivity contribution in [3.63, 3.8) is 0 Å². The van der Waals surface area contributed by atoms with Crippen LogP contribution < -0.4 is 5.32 Å². The number of aryl methyl sites for hydroxylation is 1. The SMILES string of the molecule is CCCn1cc(C(=O)CC2CNCCO2)cn1. The summed E-state index contributed by atoms with van der Waals surface area (Å²) in [4.78, 5) is 12.0. The molecule has 5 heteroatoms. The molecule has 5 nitrogen and oxygen atoms in total. The van der Waals surface area contributed by atoms with E-state index in [1.807, 2.05) is 10.9 Å². The summed E-state index contributed by atoms with van der Waals surface area (Å²) in [5, 5.41) is 7.38. The number of carbonyl (C=O) groups is 1. The summed E-state index contributed by atoms with van der Waals surface area (Å²) in [6, 6.07) is 0. The zero-order valence-corrected chi connectivity index (χ0v) is 10.2. The van der Waals surface area contributed by atoms with Gasteiger partial charge in [0.25, 0.3) is 0 Å². The number of carbonyl (C=O) groups excluding carboxylic acids is 1. The Bertz CT molecular complexity index is 370. The van der Waals surface area contributed by atoms with E-state index in [0.29, 0.717) is 18.6 Å². The Labute approximate surface area is 101 Å². The van der Waals surface area contributed by atoms with Crippen molar-refractivity contribution in [1.82, 2.24) is 15.1 Å². The maximum Gasteiger partial charge on any atom is 0.168 e. The second-order valence-corrected chi connectivity index (χ2v) is 4.32. The number of rotatable bonds is 5. The molecule has 1 aliphatic rings. The largest absolute Gasteiger partial charge is 0.375 e. The first-order valence-corrected chi connectivity index (χ1v) is 6.17. The van der Waals surface area contributed by atoms with Gasteiger partial charge in [0.05, 0.1) is 24.5 Å². The van der Waals surface area contributed by atoms with Gasteiger partial charge < -0.3 is 10.1 Å². The lowest BCUT2D eigenvalue weighted by Crippen LogP contribution is -2.39. The molecule has 94 valence electrons. The maximum absolute atomic E-state index is 12.0. The standard InChI is InChI=1S/C12H19N3O2/c1-2-4-15-9-10(7-14-15)12(16)6-11-8-13-3-5-17-11/h7,9,11,13H,2-6,8H2,1H3. The predicted molar refractivity (Wildman–Crippen MR) is 64.1 cm³/mol. The van der Waals surface area contributed by atoms with Crippen LogP contribution in [0.5, 0.6) is 0 Å². The maximum atomic E-state index is 12.0. The Kier molecular flexibility index (Phi) is 4.28. The van der Waals surface area contributed by atoms with Crippen LogP contribution in [0.25, 0.3) is 0 Å². The molecule has 0 aliphatic carbocycles. The summed E-state index contributed by atoms with van der Waals surface area (Å²) in [5.74, 6) is 0.112. The first-order chi connectivity index (χ1) is 8.29. The third kappa shape index (κ3) is 3.38. The predicted octanol–water partition coefficient (Wildman–Crippen LogP) is 0.854. The fourth-order valence-electron chi connectivity index (χ4n) is 1.93. The number of ether oxygens (including phenoxy) is 1. The van der Waals surface area contributed by atoms with Gasteiger partial charge in [-0.25, -0.2) is 0 Å². The zero-order valence-electron chi connectivity index (χ0n) is 10.2. The van der Waals surface area contributed by atoms with E-state index in [1.165, 1.54) is 0 Å². The molecule has 1 fully saturated rings. The van der Waals surface area contributed by atoms with Gasteiger partial charge in [0.15, 0.2) is 5.78 Å². The molecule has 2 rings (SSSR count). The van der Waals surface area contributed by atoms with E-state index in [0.717, 1.165) is 26.1 Å². The minimum absolute atomic E-state index is 0.00535. The molecule has 0 aromatic carbocycles. The van der Waals surface area contributed by atoms with Gasteiger partial charge >= 0.3 is 0 Å². The van der Waals surface area contributed by atoms with Gasteiger partial charge in [-0.1, -0.05) is 6.92 Å².